The summed E-state index contributed by atoms with van der Waals surface area (Å²) in [5, 5.41) is 0. The maximum absolute atomic E-state index is 5.88. The first kappa shape index (κ1) is 19.4. The number of hydrogen-bond donors (Lipinski definition) is 0. The summed E-state index contributed by atoms with van der Waals surface area (Å²) in [5.41, 5.74) is 5.55. The van der Waals surface area contributed by atoms with Crippen molar-refractivity contribution < 1.29 is 0 Å². The van der Waals surface area contributed by atoms with Crippen LogP contribution >= 0.6 is 12.2 Å². The van der Waals surface area contributed by atoms with Crippen LogP contribution < -0.4 is 4.90 Å². The molecular formula is C25H32N2S. The number of likely N-dealkylation sites (tertiary alicyclic amines) is 1. The molecule has 2 aliphatic heterocycles. The van der Waals surface area contributed by atoms with Crippen LogP contribution in [0.2, 0.25) is 0 Å². The monoisotopic (exact) mass is 392 g/mol. The highest BCUT2D eigenvalue weighted by Crippen LogP contribution is 2.44. The van der Waals surface area contributed by atoms with Crippen molar-refractivity contribution in [2.45, 2.75) is 64.5 Å². The average Bonchev–Trinajstić information content (AvgIpc) is 2.71. The number of benzene rings is 2. The van der Waals surface area contributed by atoms with E-state index in [9.17, 15) is 0 Å². The third-order valence-corrected chi connectivity index (χ3v) is 6.95. The summed E-state index contributed by atoms with van der Waals surface area (Å²) in [5.74, 6) is 0.543. The number of hydrogen-bond acceptors (Lipinski definition) is 2. The van der Waals surface area contributed by atoms with Crippen LogP contribution in [0, 0.1) is 0 Å². The zero-order valence-electron chi connectivity index (χ0n) is 17.4. The molecule has 1 saturated heterocycles. The lowest BCUT2D eigenvalue weighted by Gasteiger charge is -2.48. The van der Waals surface area contributed by atoms with E-state index in [1.165, 1.54) is 41.6 Å². The molecule has 0 bridgehead atoms. The van der Waals surface area contributed by atoms with Crippen LogP contribution in [0.25, 0.3) is 0 Å². The molecule has 2 aromatic carbocycles. The molecule has 0 aromatic heterocycles. The molecule has 0 spiro atoms. The first-order valence-electron chi connectivity index (χ1n) is 10.7. The summed E-state index contributed by atoms with van der Waals surface area (Å²) < 4.78 is 0. The normalized spacial score (nSPS) is 21.3. The first-order valence-corrected chi connectivity index (χ1v) is 11.1. The molecule has 2 heterocycles. The van der Waals surface area contributed by atoms with Gasteiger partial charge >= 0.3 is 0 Å². The van der Waals surface area contributed by atoms with E-state index in [2.05, 4.69) is 79.1 Å². The number of rotatable bonds is 3. The minimum Gasteiger partial charge on any atom is -0.362 e. The van der Waals surface area contributed by atoms with E-state index in [1.54, 1.807) is 0 Å². The van der Waals surface area contributed by atoms with Crippen molar-refractivity contribution in [3.8, 4) is 0 Å². The van der Waals surface area contributed by atoms with Crippen molar-refractivity contribution in [1.82, 2.24) is 4.90 Å². The lowest BCUT2D eigenvalue weighted by Crippen LogP contribution is -2.48. The quantitative estimate of drug-likeness (QED) is 0.579. The molecule has 28 heavy (non-hydrogen) atoms. The molecule has 0 N–H and O–H groups in total. The predicted molar refractivity (Wildman–Crippen MR) is 123 cm³/mol. The van der Waals surface area contributed by atoms with Gasteiger partial charge in [0.15, 0.2) is 0 Å². The van der Waals surface area contributed by atoms with Crippen LogP contribution in [0.15, 0.2) is 48.5 Å². The Balaban J connectivity index is 1.66. The summed E-state index contributed by atoms with van der Waals surface area (Å²) in [6, 6.07) is 17.8. The Labute approximate surface area is 175 Å². The molecule has 1 fully saturated rings. The van der Waals surface area contributed by atoms with Gasteiger partial charge in [0, 0.05) is 36.4 Å². The Morgan fingerprint density at radius 2 is 1.75 bits per heavy atom. The lowest BCUT2D eigenvalue weighted by molar-refractivity contribution is 0.347. The van der Waals surface area contributed by atoms with Gasteiger partial charge in [-0.05, 0) is 74.8 Å². The van der Waals surface area contributed by atoms with Crippen molar-refractivity contribution in [2.24, 2.45) is 0 Å². The molecule has 0 saturated carbocycles. The zero-order chi connectivity index (χ0) is 19.7. The molecule has 0 unspecified atom stereocenters. The molecule has 2 aliphatic rings. The van der Waals surface area contributed by atoms with E-state index in [4.69, 9.17) is 12.2 Å². The van der Waals surface area contributed by atoms with E-state index in [-0.39, 0.29) is 5.54 Å². The molecular weight excluding hydrogens is 360 g/mol. The third kappa shape index (κ3) is 3.82. The van der Waals surface area contributed by atoms with Gasteiger partial charge in [-0.1, -0.05) is 49.5 Å². The van der Waals surface area contributed by atoms with E-state index in [1.807, 2.05) is 0 Å². The number of piperidine rings is 1. The highest BCUT2D eigenvalue weighted by molar-refractivity contribution is 7.80. The van der Waals surface area contributed by atoms with Gasteiger partial charge in [0.25, 0.3) is 0 Å². The minimum absolute atomic E-state index is 0.136. The van der Waals surface area contributed by atoms with Gasteiger partial charge in [-0.3, -0.25) is 0 Å². The smallest absolute Gasteiger partial charge is 0.109 e. The van der Waals surface area contributed by atoms with Crippen molar-refractivity contribution >= 4 is 22.9 Å². The summed E-state index contributed by atoms with van der Waals surface area (Å²) in [4.78, 5) is 6.03. The van der Waals surface area contributed by atoms with Crippen molar-refractivity contribution in [3.05, 3.63) is 65.2 Å². The van der Waals surface area contributed by atoms with Crippen LogP contribution in [-0.4, -0.2) is 28.5 Å². The van der Waals surface area contributed by atoms with E-state index in [0.717, 1.165) is 31.0 Å². The second kappa shape index (κ2) is 7.87. The molecule has 0 amide bonds. The van der Waals surface area contributed by atoms with Gasteiger partial charge in [-0.15, -0.1) is 0 Å². The lowest BCUT2D eigenvalue weighted by atomic mass is 9.79. The van der Waals surface area contributed by atoms with Gasteiger partial charge in [0.05, 0.1) is 0 Å². The Kier molecular flexibility index (Phi) is 5.46. The van der Waals surface area contributed by atoms with Crippen LogP contribution in [0.3, 0.4) is 0 Å². The largest absolute Gasteiger partial charge is 0.362 e. The summed E-state index contributed by atoms with van der Waals surface area (Å²) in [6.45, 7) is 10.3. The first-order chi connectivity index (χ1) is 13.5. The Bertz CT molecular complexity index is 837. The second-order valence-corrected chi connectivity index (χ2v) is 9.50. The molecule has 0 radical (unpaired) electrons. The summed E-state index contributed by atoms with van der Waals surface area (Å²) in [6.07, 6.45) is 5.03. The Morgan fingerprint density at radius 3 is 2.46 bits per heavy atom. The number of nitrogens with zero attached hydrogens (tertiary/aromatic N) is 2. The van der Waals surface area contributed by atoms with E-state index in [0.29, 0.717) is 5.92 Å². The highest BCUT2D eigenvalue weighted by Gasteiger charge is 2.36. The maximum Gasteiger partial charge on any atom is 0.109 e. The summed E-state index contributed by atoms with van der Waals surface area (Å²) >= 11 is 5.88. The minimum atomic E-state index is 0.136. The molecule has 0 aliphatic carbocycles. The van der Waals surface area contributed by atoms with Gasteiger partial charge < -0.3 is 9.80 Å². The van der Waals surface area contributed by atoms with Crippen LogP contribution in [0.4, 0.5) is 5.69 Å². The standard InChI is InChI=1S/C25H32N2S/c1-19-17-25(2,3)27(18-20-10-6-4-7-11-20)23-13-12-21(16-22(19)23)24(28)26-14-8-5-9-15-26/h4,6-7,10-13,16,19H,5,8-9,14-15,17-18H2,1-3H3/t19-/m1/s1. The molecule has 148 valence electrons. The fraction of sp³-hybridized carbons (Fsp3) is 0.480. The average molecular weight is 393 g/mol. The fourth-order valence-corrected chi connectivity index (χ4v) is 5.28. The number of fused-ring (bicyclic) bond motifs is 1. The van der Waals surface area contributed by atoms with Crippen molar-refractivity contribution in [2.75, 3.05) is 18.0 Å². The SMILES string of the molecule is C[C@@H]1CC(C)(C)N(Cc2ccccc2)c2ccc(C(=S)N3CCCCC3)cc21. The fourth-order valence-electron chi connectivity index (χ4n) is 4.97. The van der Waals surface area contributed by atoms with Gasteiger partial charge in [-0.25, -0.2) is 0 Å². The van der Waals surface area contributed by atoms with Crippen molar-refractivity contribution in [3.63, 3.8) is 0 Å². The highest BCUT2D eigenvalue weighted by atomic mass is 32.1. The summed E-state index contributed by atoms with van der Waals surface area (Å²) in [7, 11) is 0. The third-order valence-electron chi connectivity index (χ3n) is 6.46. The Morgan fingerprint density at radius 1 is 1.04 bits per heavy atom. The van der Waals surface area contributed by atoms with Gasteiger partial charge in [0.2, 0.25) is 0 Å². The topological polar surface area (TPSA) is 6.48 Å². The van der Waals surface area contributed by atoms with Gasteiger partial charge in [0.1, 0.15) is 4.99 Å². The van der Waals surface area contributed by atoms with Crippen LogP contribution in [-0.2, 0) is 6.54 Å². The number of anilines is 1. The predicted octanol–water partition coefficient (Wildman–Crippen LogP) is 6.14. The zero-order valence-corrected chi connectivity index (χ0v) is 18.3. The van der Waals surface area contributed by atoms with Crippen LogP contribution in [0.1, 0.15) is 69.1 Å². The van der Waals surface area contributed by atoms with Crippen LogP contribution in [0.5, 0.6) is 0 Å². The molecule has 1 atom stereocenters. The Hall–Kier alpha value is -1.87. The molecule has 3 heteroatoms. The molecule has 4 rings (SSSR count). The van der Waals surface area contributed by atoms with Crippen molar-refractivity contribution in [1.29, 1.82) is 0 Å². The molecule has 2 nitrogen and oxygen atoms in total. The second-order valence-electron chi connectivity index (χ2n) is 9.12. The van der Waals surface area contributed by atoms with E-state index >= 15 is 0 Å². The maximum atomic E-state index is 5.88. The number of thiocarbonyl (C=S) groups is 1. The van der Waals surface area contributed by atoms with Gasteiger partial charge in [-0.2, -0.15) is 0 Å². The molecule has 2 aromatic rings. The van der Waals surface area contributed by atoms with E-state index < -0.39 is 0 Å².